The maximum absolute atomic E-state index is 12.5. The average Bonchev–Trinajstić information content (AvgIpc) is 3.53. The molecule has 3 aromatic rings. The maximum Gasteiger partial charge on any atom is 0.182 e. The van der Waals surface area contributed by atoms with Crippen LogP contribution in [0.25, 0.3) is 11.4 Å². The zero-order chi connectivity index (χ0) is 22.6. The van der Waals surface area contributed by atoms with Gasteiger partial charge in [0.2, 0.25) is 0 Å². The van der Waals surface area contributed by atoms with Gasteiger partial charge < -0.3 is 14.8 Å². The fourth-order valence-corrected chi connectivity index (χ4v) is 4.91. The molecule has 7 heteroatoms. The smallest absolute Gasteiger partial charge is 0.182 e. The molecule has 0 spiro atoms. The first-order valence-corrected chi connectivity index (χ1v) is 12.0. The van der Waals surface area contributed by atoms with Gasteiger partial charge in [-0.15, -0.1) is 0 Å². The number of pyridine rings is 3. The molecule has 0 atom stereocenters. The molecule has 3 aromatic heterocycles. The number of nitrogens with zero attached hydrogens (tertiary/aromatic N) is 5. The van der Waals surface area contributed by atoms with Crippen LogP contribution in [0.4, 0.5) is 11.4 Å². The van der Waals surface area contributed by atoms with Gasteiger partial charge in [0.25, 0.3) is 0 Å². The summed E-state index contributed by atoms with van der Waals surface area (Å²) >= 11 is 0. The summed E-state index contributed by atoms with van der Waals surface area (Å²) < 4.78 is 0. The van der Waals surface area contributed by atoms with E-state index in [1.807, 2.05) is 18.5 Å². The molecule has 172 valence electrons. The lowest BCUT2D eigenvalue weighted by Crippen LogP contribution is -2.21. The summed E-state index contributed by atoms with van der Waals surface area (Å²) in [7, 11) is 2.06. The summed E-state index contributed by atoms with van der Waals surface area (Å²) in [6.07, 6.45) is 8.71. The molecule has 2 aliphatic heterocycles. The largest absolute Gasteiger partial charge is 0.371 e. The van der Waals surface area contributed by atoms with E-state index in [1.165, 1.54) is 37.1 Å². The molecule has 0 amide bonds. The second-order valence-electron chi connectivity index (χ2n) is 9.22. The highest BCUT2D eigenvalue weighted by molar-refractivity contribution is 5.61. The van der Waals surface area contributed by atoms with Crippen LogP contribution in [0.15, 0.2) is 53.6 Å². The summed E-state index contributed by atoms with van der Waals surface area (Å²) in [5.41, 5.74) is 5.91. The van der Waals surface area contributed by atoms with Gasteiger partial charge >= 0.3 is 0 Å². The normalized spacial score (nSPS) is 16.2. The van der Waals surface area contributed by atoms with Crippen molar-refractivity contribution in [1.82, 2.24) is 19.9 Å². The molecule has 0 unspecified atom stereocenters. The van der Waals surface area contributed by atoms with Crippen LogP contribution in [0.1, 0.15) is 37.1 Å². The van der Waals surface area contributed by atoms with Crippen molar-refractivity contribution < 1.29 is 0 Å². The van der Waals surface area contributed by atoms with E-state index in [4.69, 9.17) is 0 Å². The monoisotopic (exact) mass is 444 g/mol. The number of aromatic nitrogens is 3. The minimum atomic E-state index is -0.00492. The molecular weight excluding hydrogens is 412 g/mol. The Bertz CT molecular complexity index is 1150. The maximum atomic E-state index is 12.5. The molecule has 7 nitrogen and oxygen atoms in total. The number of H-pyrrole nitrogens is 1. The summed E-state index contributed by atoms with van der Waals surface area (Å²) in [6.45, 7) is 5.76. The van der Waals surface area contributed by atoms with Gasteiger partial charge in [0.1, 0.15) is 0 Å². The van der Waals surface area contributed by atoms with Gasteiger partial charge in [-0.25, -0.2) is 0 Å². The van der Waals surface area contributed by atoms with Crippen LogP contribution in [-0.2, 0) is 13.1 Å². The van der Waals surface area contributed by atoms with Crippen LogP contribution in [0.2, 0.25) is 0 Å². The van der Waals surface area contributed by atoms with Crippen LogP contribution in [0.3, 0.4) is 0 Å². The number of anilines is 2. The first-order chi connectivity index (χ1) is 16.1. The Hall–Kier alpha value is -3.19. The Morgan fingerprint density at radius 3 is 2.18 bits per heavy atom. The van der Waals surface area contributed by atoms with Gasteiger partial charge in [0.15, 0.2) is 5.43 Å². The molecule has 0 aromatic carbocycles. The summed E-state index contributed by atoms with van der Waals surface area (Å²) in [6, 6.07) is 11.7. The van der Waals surface area contributed by atoms with E-state index < -0.39 is 0 Å². The molecule has 5 heterocycles. The highest BCUT2D eigenvalue weighted by atomic mass is 16.1. The van der Waals surface area contributed by atoms with E-state index in [0.717, 1.165) is 55.5 Å². The fraction of sp³-hybridized carbons (Fsp3) is 0.423. The standard InChI is InChI=1S/C26H32N6O/c1-30(18-20-14-22(6-8-27-20)31-10-2-3-11-31)19-21-15-24(33)17-26(29-21)25-16-23(7-9-28-25)32-12-4-5-13-32/h6-9,14-17H,2-5,10-13,18-19H2,1H3,(H,29,33). The van der Waals surface area contributed by atoms with Crippen molar-refractivity contribution in [3.05, 3.63) is 70.4 Å². The highest BCUT2D eigenvalue weighted by Gasteiger charge is 2.15. The van der Waals surface area contributed by atoms with Crippen molar-refractivity contribution in [2.45, 2.75) is 38.8 Å². The zero-order valence-electron chi connectivity index (χ0n) is 19.3. The van der Waals surface area contributed by atoms with E-state index in [0.29, 0.717) is 6.54 Å². The number of hydrogen-bond donors (Lipinski definition) is 1. The van der Waals surface area contributed by atoms with Crippen LogP contribution in [0, 0.1) is 0 Å². The van der Waals surface area contributed by atoms with Gasteiger partial charge in [-0.1, -0.05) is 0 Å². The highest BCUT2D eigenvalue weighted by Crippen LogP contribution is 2.24. The first-order valence-electron chi connectivity index (χ1n) is 12.0. The number of nitrogens with one attached hydrogen (secondary N) is 1. The minimum absolute atomic E-state index is 0.00492. The van der Waals surface area contributed by atoms with Gasteiger partial charge in [-0.2, -0.15) is 0 Å². The number of aromatic amines is 1. The summed E-state index contributed by atoms with van der Waals surface area (Å²) in [5, 5.41) is 0. The average molecular weight is 445 g/mol. The molecule has 2 saturated heterocycles. The van der Waals surface area contributed by atoms with Crippen LogP contribution >= 0.6 is 0 Å². The SMILES string of the molecule is CN(Cc1cc(N2CCCC2)ccn1)Cc1cc(=O)cc(-c2cc(N3CCCC3)ccn2)[nH]1. The Labute approximate surface area is 195 Å². The van der Waals surface area contributed by atoms with Crippen molar-refractivity contribution in [3.8, 4) is 11.4 Å². The Morgan fingerprint density at radius 1 is 0.848 bits per heavy atom. The molecule has 0 bridgehead atoms. The van der Waals surface area contributed by atoms with Crippen LogP contribution < -0.4 is 15.2 Å². The summed E-state index contributed by atoms with van der Waals surface area (Å²) in [5.74, 6) is 0. The van der Waals surface area contributed by atoms with E-state index in [1.54, 1.807) is 12.1 Å². The lowest BCUT2D eigenvalue weighted by molar-refractivity contribution is 0.311. The van der Waals surface area contributed by atoms with Crippen molar-refractivity contribution >= 4 is 11.4 Å². The quantitative estimate of drug-likeness (QED) is 0.600. The molecule has 2 fully saturated rings. The Balaban J connectivity index is 1.30. The predicted molar refractivity (Wildman–Crippen MR) is 133 cm³/mol. The van der Waals surface area contributed by atoms with E-state index in [-0.39, 0.29) is 5.43 Å². The lowest BCUT2D eigenvalue weighted by atomic mass is 10.2. The van der Waals surface area contributed by atoms with Crippen molar-refractivity contribution in [3.63, 3.8) is 0 Å². The van der Waals surface area contributed by atoms with Gasteiger partial charge in [0.05, 0.1) is 17.1 Å². The van der Waals surface area contributed by atoms with E-state index in [9.17, 15) is 4.79 Å². The van der Waals surface area contributed by atoms with Gasteiger partial charge in [0, 0.05) is 80.9 Å². The van der Waals surface area contributed by atoms with Crippen molar-refractivity contribution in [2.75, 3.05) is 43.0 Å². The molecule has 0 aliphatic carbocycles. The summed E-state index contributed by atoms with van der Waals surface area (Å²) in [4.78, 5) is 32.0. The first kappa shape index (κ1) is 21.6. The van der Waals surface area contributed by atoms with Gasteiger partial charge in [-0.05, 0) is 57.0 Å². The third kappa shape index (κ3) is 5.25. The fourth-order valence-electron chi connectivity index (χ4n) is 4.91. The van der Waals surface area contributed by atoms with Gasteiger partial charge in [-0.3, -0.25) is 19.7 Å². The number of hydrogen-bond acceptors (Lipinski definition) is 6. The molecule has 2 aliphatic rings. The third-order valence-electron chi connectivity index (χ3n) is 6.53. The third-order valence-corrected chi connectivity index (χ3v) is 6.53. The molecule has 5 rings (SSSR count). The number of rotatable bonds is 7. The predicted octanol–water partition coefficient (Wildman–Crippen LogP) is 3.66. The minimum Gasteiger partial charge on any atom is -0.371 e. The zero-order valence-corrected chi connectivity index (χ0v) is 19.3. The molecular formula is C26H32N6O. The van der Waals surface area contributed by atoms with Crippen molar-refractivity contribution in [1.29, 1.82) is 0 Å². The topological polar surface area (TPSA) is 68.4 Å². The van der Waals surface area contributed by atoms with E-state index >= 15 is 0 Å². The Morgan fingerprint density at radius 2 is 1.48 bits per heavy atom. The second kappa shape index (κ2) is 9.75. The molecule has 1 N–H and O–H groups in total. The molecule has 0 radical (unpaired) electrons. The van der Waals surface area contributed by atoms with Crippen LogP contribution in [0.5, 0.6) is 0 Å². The van der Waals surface area contributed by atoms with Crippen LogP contribution in [-0.4, -0.2) is 53.1 Å². The van der Waals surface area contributed by atoms with Crippen molar-refractivity contribution in [2.24, 2.45) is 0 Å². The molecule has 33 heavy (non-hydrogen) atoms. The molecule has 0 saturated carbocycles. The van der Waals surface area contributed by atoms with E-state index in [2.05, 4.69) is 54.9 Å². The Kier molecular flexibility index (Phi) is 6.39. The lowest BCUT2D eigenvalue weighted by Gasteiger charge is -2.20. The second-order valence-corrected chi connectivity index (χ2v) is 9.22.